The van der Waals surface area contributed by atoms with Crippen LogP contribution < -0.4 is 0 Å². The van der Waals surface area contributed by atoms with Crippen molar-refractivity contribution in [3.05, 3.63) is 175 Å². The van der Waals surface area contributed by atoms with Crippen molar-refractivity contribution < 1.29 is 31.5 Å². The lowest BCUT2D eigenvalue weighted by molar-refractivity contribution is 0.770. The molecule has 7 nitrogen and oxygen atoms in total. The minimum atomic E-state index is -0.793. The third-order valence-corrected chi connectivity index (χ3v) is 8.98. The summed E-state index contributed by atoms with van der Waals surface area (Å²) in [5.74, 6) is -1.45. The number of nitrogens with zero attached hydrogens (tertiary/aromatic N) is 7. The Hall–Kier alpha value is -7.56. The third-order valence-electron chi connectivity index (χ3n) is 8.98. The van der Waals surface area contributed by atoms with Crippen LogP contribution in [0.3, 0.4) is 0 Å². The molecular weight excluding hydrogens is 663 g/mol. The summed E-state index contributed by atoms with van der Waals surface area (Å²) in [7, 11) is 0. The van der Waals surface area contributed by atoms with E-state index in [-0.39, 0.29) is 65.6 Å². The van der Waals surface area contributed by atoms with E-state index >= 15 is 0 Å². The first kappa shape index (κ1) is 15.2. The average Bonchev–Trinajstić information content (AvgIpc) is 4.28. The van der Waals surface area contributed by atoms with E-state index in [9.17, 15) is 12.1 Å². The fourth-order valence-corrected chi connectivity index (χ4v) is 6.78. The molecule has 11 rings (SSSR count). The van der Waals surface area contributed by atoms with Crippen LogP contribution in [0.2, 0.25) is 0 Å². The van der Waals surface area contributed by atoms with E-state index in [0.717, 1.165) is 9.13 Å². The third kappa shape index (κ3) is 4.44. The second-order valence-corrected chi connectivity index (χ2v) is 11.9. The van der Waals surface area contributed by atoms with Gasteiger partial charge >= 0.3 is 0 Å². The molecule has 0 spiro atoms. The highest BCUT2D eigenvalue weighted by atomic mass is 15.2. The fraction of sp³-hybridized carbons (Fsp3) is 0.0213. The molecule has 0 radical (unpaired) electrons. The molecule has 11 aromatic rings. The molecule has 0 aliphatic rings. The van der Waals surface area contributed by atoms with Crippen molar-refractivity contribution in [3.8, 4) is 29.1 Å². The smallest absolute Gasteiger partial charge is 0.238 e. The summed E-state index contributed by atoms with van der Waals surface area (Å²) in [5, 5.41) is 8.15. The van der Waals surface area contributed by atoms with Gasteiger partial charge in [-0.3, -0.25) is 4.57 Å². The van der Waals surface area contributed by atoms with Crippen molar-refractivity contribution in [2.45, 2.75) is 6.54 Å². The lowest BCUT2D eigenvalue weighted by atomic mass is 10.1. The van der Waals surface area contributed by atoms with E-state index in [4.69, 9.17) is 39.6 Å². The molecule has 0 amide bonds. The van der Waals surface area contributed by atoms with E-state index < -0.39 is 180 Å². The SMILES string of the molecule is [2H]c1c([2H])c([2H])c2c(c1[2H])c1c([2H])c(C#N)c([2H])c([2H])c1n2Cc1nc(-c2ccccc2-n2c3c([2H])c([2H])c([2H])c([2H])c3c3c([2H])c([2H])c([2H])c([2H])c32)nc(-n2c3c([2H])c([2H])c([2H])c([2H])c3c3c([2H])c([2H])c([2H])c([2H])c32)n1. The normalized spacial score (nSPS) is 17.7. The van der Waals surface area contributed by atoms with Crippen LogP contribution >= 0.6 is 0 Å². The van der Waals surface area contributed by atoms with Gasteiger partial charge in [0.2, 0.25) is 5.95 Å². The number of nitriles is 1. The highest BCUT2D eigenvalue weighted by molar-refractivity contribution is 6.11. The van der Waals surface area contributed by atoms with E-state index in [1.807, 2.05) is 0 Å². The fourth-order valence-electron chi connectivity index (χ4n) is 6.78. The number of aromatic nitrogens is 6. The van der Waals surface area contributed by atoms with Gasteiger partial charge in [-0.2, -0.15) is 15.2 Å². The number of rotatable bonds is 5. The molecule has 0 saturated heterocycles. The van der Waals surface area contributed by atoms with E-state index in [0.29, 0.717) is 0 Å². The van der Waals surface area contributed by atoms with Crippen LogP contribution in [0.25, 0.3) is 88.4 Å². The van der Waals surface area contributed by atoms with Crippen LogP contribution in [0.1, 0.15) is 42.9 Å². The Labute approximate surface area is 341 Å². The topological polar surface area (TPSA) is 77.2 Å². The Morgan fingerprint density at radius 3 is 1.61 bits per heavy atom. The molecule has 4 heterocycles. The Morgan fingerprint density at radius 1 is 0.519 bits per heavy atom. The first-order chi connectivity index (χ1) is 36.3. The van der Waals surface area contributed by atoms with Crippen molar-refractivity contribution in [1.82, 2.24) is 28.7 Å². The van der Waals surface area contributed by atoms with E-state index in [1.165, 1.54) is 28.8 Å². The summed E-state index contributed by atoms with van der Waals surface area (Å²) in [6.07, 6.45) is 0. The highest BCUT2D eigenvalue weighted by Crippen LogP contribution is 2.37. The monoisotopic (exact) mass is 714 g/mol. The van der Waals surface area contributed by atoms with Crippen LogP contribution in [0.4, 0.5) is 0 Å². The van der Waals surface area contributed by atoms with Gasteiger partial charge < -0.3 is 9.13 Å². The number of hydrogen-bond acceptors (Lipinski definition) is 4. The second-order valence-electron chi connectivity index (χ2n) is 11.9. The van der Waals surface area contributed by atoms with Crippen LogP contribution in [-0.2, 0) is 6.54 Å². The molecule has 7 heteroatoms. The largest absolute Gasteiger partial charge is 0.333 e. The summed E-state index contributed by atoms with van der Waals surface area (Å²) in [6, 6.07) is -8.80. The van der Waals surface area contributed by atoms with Crippen molar-refractivity contribution >= 4 is 65.4 Å². The Kier molecular flexibility index (Phi) is 3.30. The van der Waals surface area contributed by atoms with Crippen LogP contribution in [0.5, 0.6) is 0 Å². The minimum absolute atomic E-state index is 0.0853. The molecule has 252 valence electrons. The quantitative estimate of drug-likeness (QED) is 0.178. The molecule has 0 unspecified atom stereocenters. The van der Waals surface area contributed by atoms with Gasteiger partial charge in [0.05, 0.1) is 77.5 Å². The highest BCUT2D eigenvalue weighted by Gasteiger charge is 2.21. The van der Waals surface area contributed by atoms with Gasteiger partial charge in [-0.1, -0.05) is 103 Å². The molecule has 0 N–H and O–H groups in total. The van der Waals surface area contributed by atoms with E-state index in [1.54, 1.807) is 6.07 Å². The lowest BCUT2D eigenvalue weighted by Gasteiger charge is -2.15. The van der Waals surface area contributed by atoms with Gasteiger partial charge in [-0.05, 0) is 60.5 Å². The molecule has 7 aromatic carbocycles. The summed E-state index contributed by atoms with van der Waals surface area (Å²) in [4.78, 5) is 14.3. The van der Waals surface area contributed by atoms with Crippen LogP contribution in [-0.4, -0.2) is 28.7 Å². The predicted molar refractivity (Wildman–Crippen MR) is 217 cm³/mol. The van der Waals surface area contributed by atoms with Gasteiger partial charge in [-0.25, -0.2) is 4.98 Å². The van der Waals surface area contributed by atoms with Crippen LogP contribution in [0.15, 0.2) is 163 Å². The summed E-state index contributed by atoms with van der Waals surface area (Å²) in [6.45, 7) is -0.757. The number of para-hydroxylation sites is 6. The van der Waals surface area contributed by atoms with E-state index in [2.05, 4.69) is 0 Å². The molecule has 0 aliphatic carbocycles. The Balaban J connectivity index is 1.34. The van der Waals surface area contributed by atoms with Gasteiger partial charge in [0, 0.05) is 48.9 Å². The number of fused-ring (bicyclic) bond motifs is 9. The lowest BCUT2D eigenvalue weighted by Crippen LogP contribution is -2.12. The molecule has 0 bridgehead atoms. The minimum Gasteiger partial charge on any atom is -0.333 e. The molecule has 4 aromatic heterocycles. The molecule has 0 atom stereocenters. The molecule has 0 aliphatic heterocycles. The zero-order chi connectivity index (χ0) is 55.8. The summed E-state index contributed by atoms with van der Waals surface area (Å²) < 4.78 is 208. The first-order valence-corrected chi connectivity index (χ1v) is 16.1. The van der Waals surface area contributed by atoms with Gasteiger partial charge in [0.25, 0.3) is 0 Å². The van der Waals surface area contributed by atoms with Gasteiger partial charge in [0.1, 0.15) is 0 Å². The predicted octanol–water partition coefficient (Wildman–Crippen LogP) is 10.8. The van der Waals surface area contributed by atoms with Crippen LogP contribution in [0, 0.1) is 11.3 Å². The van der Waals surface area contributed by atoms with Gasteiger partial charge in [-0.15, -0.1) is 0 Å². The van der Waals surface area contributed by atoms with Crippen molar-refractivity contribution in [2.75, 3.05) is 0 Å². The van der Waals surface area contributed by atoms with Crippen molar-refractivity contribution in [3.63, 3.8) is 0 Å². The first-order valence-electron chi connectivity index (χ1n) is 27.6. The second kappa shape index (κ2) is 11.7. The maximum atomic E-state index is 10.1. The molecular formula is C47H29N7. The molecule has 0 fully saturated rings. The zero-order valence-electron chi connectivity index (χ0n) is 50.1. The average molecular weight is 715 g/mol. The number of hydrogen-bond donors (Lipinski definition) is 0. The Morgan fingerprint density at radius 2 is 1.02 bits per heavy atom. The van der Waals surface area contributed by atoms with Crippen molar-refractivity contribution in [1.29, 1.82) is 5.26 Å². The Bertz CT molecular complexity index is 4510. The maximum absolute atomic E-state index is 10.1. The standard InChI is InChI=1S/C47H29N7/c48-28-30-25-26-39-37(27-30)35-17-1-7-19-38(35)52(39)29-45-49-46(51-47(50-45)54-42-22-10-4-15-33(42)34-16-5-11-23-43(34)54)36-18-6-12-24-44(36)53-40-20-8-2-13-31(40)32-14-3-9-21-41(32)53/h1-27H,29H2/i1D,2D,3D,4D,5D,7D,8D,9D,10D,11D,13D,14D,15D,16D,17D,19D,20D,21D,22D,23D,25D,26D,27D. The summed E-state index contributed by atoms with van der Waals surface area (Å²) >= 11 is 0. The van der Waals surface area contributed by atoms with Gasteiger partial charge in [0.15, 0.2) is 11.6 Å². The summed E-state index contributed by atoms with van der Waals surface area (Å²) in [5.41, 5.74) is -2.90. The molecule has 0 saturated carbocycles. The zero-order valence-corrected chi connectivity index (χ0v) is 27.1. The van der Waals surface area contributed by atoms with Crippen molar-refractivity contribution in [2.24, 2.45) is 0 Å². The number of benzene rings is 7. The maximum Gasteiger partial charge on any atom is 0.238 e. The molecule has 54 heavy (non-hydrogen) atoms.